The summed E-state index contributed by atoms with van der Waals surface area (Å²) < 4.78 is 56.6. The minimum absolute atomic E-state index is 0.00589. The van der Waals surface area contributed by atoms with Crippen molar-refractivity contribution in [1.29, 1.82) is 0 Å². The molecule has 35 nitrogen and oxygen atoms in total. The van der Waals surface area contributed by atoms with Crippen LogP contribution in [0.5, 0.6) is 0 Å². The van der Waals surface area contributed by atoms with Crippen LogP contribution in [0.15, 0.2) is 0 Å². The summed E-state index contributed by atoms with van der Waals surface area (Å²) in [6, 6.07) is -5.98. The van der Waals surface area contributed by atoms with Crippen LogP contribution < -0.4 is 42.5 Å². The second-order valence-corrected chi connectivity index (χ2v) is 23.8. The first-order valence-corrected chi connectivity index (χ1v) is 31.2. The average Bonchev–Trinajstić information content (AvgIpc) is 0.846. The van der Waals surface area contributed by atoms with Gasteiger partial charge in [-0.3, -0.25) is 38.9 Å². The first kappa shape index (κ1) is 79.9. The summed E-state index contributed by atoms with van der Waals surface area (Å²) in [6.45, 7) is 6.78. The van der Waals surface area contributed by atoms with Crippen molar-refractivity contribution in [2.75, 3.05) is 98.9 Å². The fraction of sp³-hybridized carbons (Fsp3) is 0.877. The SMILES string of the molecule is CC(=O)NC1C(OCCOCCNC(=O)CCC(NC(=O)CCC(NC(=O)C2CCC(OC(C)(C)C)CC2)C(=O)NCCOCCOC2OC(CO)C(O)C(O)C2NC(C)=O)C(=O)NCCOCCOC2OC(CO)C(O)C(O)C2NC(C)O)OC(CO)C(O)C1O. The van der Waals surface area contributed by atoms with Gasteiger partial charge < -0.3 is 136 Å². The monoisotopic (exact) mass is 1330 g/mol. The molecule has 0 spiro atoms. The van der Waals surface area contributed by atoms with Gasteiger partial charge in [-0.05, 0) is 66.2 Å². The zero-order chi connectivity index (χ0) is 68.1. The van der Waals surface area contributed by atoms with Crippen LogP contribution in [-0.4, -0.2) is 313 Å². The lowest BCUT2D eigenvalue weighted by atomic mass is 9.86. The summed E-state index contributed by atoms with van der Waals surface area (Å²) in [5.41, 5.74) is -0.394. The molecule has 4 rings (SSSR count). The molecule has 7 amide bonds. The predicted octanol–water partition coefficient (Wildman–Crippen LogP) is -8.04. The van der Waals surface area contributed by atoms with Crippen molar-refractivity contribution in [1.82, 2.24) is 42.5 Å². The van der Waals surface area contributed by atoms with E-state index in [4.69, 9.17) is 47.4 Å². The summed E-state index contributed by atoms with van der Waals surface area (Å²) in [4.78, 5) is 91.9. The summed E-state index contributed by atoms with van der Waals surface area (Å²) in [7, 11) is 0. The Kier molecular flexibility index (Phi) is 36.0. The molecule has 0 aromatic rings. The van der Waals surface area contributed by atoms with Crippen LogP contribution in [-0.2, 0) is 80.9 Å². The number of aliphatic hydroxyl groups is 10. The van der Waals surface area contributed by atoms with E-state index in [0.717, 1.165) is 0 Å². The maximum absolute atomic E-state index is 13.8. The number of ether oxygens (including phenoxy) is 10. The zero-order valence-electron chi connectivity index (χ0n) is 53.2. The lowest BCUT2D eigenvalue weighted by Crippen LogP contribution is -2.65. The van der Waals surface area contributed by atoms with Crippen molar-refractivity contribution >= 4 is 41.4 Å². The van der Waals surface area contributed by atoms with E-state index < -0.39 is 183 Å². The molecule has 18 atom stereocenters. The Morgan fingerprint density at radius 3 is 1.27 bits per heavy atom. The van der Waals surface area contributed by atoms with Crippen LogP contribution in [0, 0.1) is 5.92 Å². The highest BCUT2D eigenvalue weighted by Gasteiger charge is 2.48. The molecule has 3 heterocycles. The molecular weight excluding hydrogens is 1230 g/mol. The minimum Gasteiger partial charge on any atom is -0.394 e. The van der Waals surface area contributed by atoms with E-state index in [1.165, 1.54) is 20.8 Å². The standard InChI is InChI=1S/C57H102N8O27/c1-30(69)61-42-48(77)45(74)37(27-66)89-54(42)86-24-21-83-18-15-58-40(72)13-11-35(52(81)59-16-19-84-22-25-87-55-43(62-31(2)70)49(78)46(75)38(28-67)90-55)64-41(73)14-12-36(65-51(80)33-7-9-34(10-8-33)92-57(4,5)6)53(82)60-17-20-85-23-26-88-56-44(63-32(3)71)50(79)47(76)39(29-68)91-56/h31,33-39,42-50,54-56,62,66-68,70,74-79H,7-29H2,1-6H3,(H,58,72)(H,59,81)(H,60,82)(H,61,69)(H,63,71)(H,64,73)(H,65,80). The highest BCUT2D eigenvalue weighted by atomic mass is 16.7. The minimum atomic E-state index is -1.52. The maximum atomic E-state index is 13.8. The first-order chi connectivity index (χ1) is 43.7. The molecule has 18 N–H and O–H groups in total. The normalized spacial score (nSPS) is 30.2. The topological polar surface area (TPSA) is 510 Å². The van der Waals surface area contributed by atoms with E-state index in [1.54, 1.807) is 0 Å². The van der Waals surface area contributed by atoms with Crippen LogP contribution in [0.1, 0.15) is 92.9 Å². The Bertz CT molecular complexity index is 2220. The number of hydrogen-bond acceptors (Lipinski definition) is 28. The Morgan fingerprint density at radius 1 is 0.500 bits per heavy atom. The summed E-state index contributed by atoms with van der Waals surface area (Å²) >= 11 is 0. The molecule has 4 fully saturated rings. The van der Waals surface area contributed by atoms with Gasteiger partial charge in [-0.2, -0.15) is 0 Å². The van der Waals surface area contributed by atoms with Crippen molar-refractivity contribution in [3.8, 4) is 0 Å². The third-order valence-electron chi connectivity index (χ3n) is 15.2. The molecule has 35 heteroatoms. The Labute approximate surface area is 534 Å². The van der Waals surface area contributed by atoms with Crippen molar-refractivity contribution in [3.63, 3.8) is 0 Å². The van der Waals surface area contributed by atoms with Crippen molar-refractivity contribution in [3.05, 3.63) is 0 Å². The van der Waals surface area contributed by atoms with E-state index in [9.17, 15) is 84.6 Å². The van der Waals surface area contributed by atoms with Gasteiger partial charge in [-0.1, -0.05) is 0 Å². The van der Waals surface area contributed by atoms with Crippen molar-refractivity contribution < 1.29 is 132 Å². The van der Waals surface area contributed by atoms with Crippen LogP contribution in [0.2, 0.25) is 0 Å². The smallest absolute Gasteiger partial charge is 0.242 e. The van der Waals surface area contributed by atoms with Crippen molar-refractivity contribution in [2.24, 2.45) is 5.92 Å². The molecule has 0 bridgehead atoms. The molecule has 532 valence electrons. The number of nitrogens with one attached hydrogen (secondary N) is 8. The average molecular weight is 1330 g/mol. The van der Waals surface area contributed by atoms with Gasteiger partial charge in [0.1, 0.15) is 85.3 Å². The highest BCUT2D eigenvalue weighted by molar-refractivity contribution is 5.90. The lowest BCUT2D eigenvalue weighted by Gasteiger charge is -2.42. The molecule has 0 aromatic carbocycles. The van der Waals surface area contributed by atoms with Crippen LogP contribution >= 0.6 is 0 Å². The Morgan fingerprint density at radius 2 is 0.880 bits per heavy atom. The predicted molar refractivity (Wildman–Crippen MR) is 315 cm³/mol. The van der Waals surface area contributed by atoms with Gasteiger partial charge in [-0.25, -0.2) is 0 Å². The highest BCUT2D eigenvalue weighted by Crippen LogP contribution is 2.30. The maximum Gasteiger partial charge on any atom is 0.242 e. The molecule has 3 saturated heterocycles. The Hall–Kier alpha value is -4.55. The largest absolute Gasteiger partial charge is 0.394 e. The quantitative estimate of drug-likeness (QED) is 0.0200. The zero-order valence-corrected chi connectivity index (χ0v) is 53.2. The van der Waals surface area contributed by atoms with Gasteiger partial charge in [-0.15, -0.1) is 0 Å². The molecule has 1 aliphatic carbocycles. The van der Waals surface area contributed by atoms with Gasteiger partial charge in [0.15, 0.2) is 18.9 Å². The number of aliphatic hydroxyl groups excluding tert-OH is 10. The third-order valence-corrected chi connectivity index (χ3v) is 15.2. The number of rotatable bonds is 40. The van der Waals surface area contributed by atoms with E-state index in [0.29, 0.717) is 25.7 Å². The molecule has 0 radical (unpaired) electrons. The number of amides is 7. The fourth-order valence-electron chi connectivity index (χ4n) is 10.6. The molecule has 1 saturated carbocycles. The molecule has 3 aliphatic heterocycles. The van der Waals surface area contributed by atoms with Crippen LogP contribution in [0.4, 0.5) is 0 Å². The summed E-state index contributed by atoms with van der Waals surface area (Å²) in [5.74, 6) is -4.55. The van der Waals surface area contributed by atoms with E-state index in [-0.39, 0.29) is 111 Å². The van der Waals surface area contributed by atoms with E-state index in [1.807, 2.05) is 20.8 Å². The van der Waals surface area contributed by atoms with Gasteiger partial charge in [0.05, 0.1) is 97.0 Å². The molecule has 18 unspecified atom stereocenters. The fourth-order valence-corrected chi connectivity index (χ4v) is 10.6. The number of carbonyl (C=O) groups is 7. The molecule has 0 aromatic heterocycles. The third kappa shape index (κ3) is 27.7. The molecule has 92 heavy (non-hydrogen) atoms. The number of hydrogen-bond donors (Lipinski definition) is 18. The number of carbonyl (C=O) groups excluding carboxylic acids is 7. The summed E-state index contributed by atoms with van der Waals surface area (Å²) in [5, 5.41) is 122. The second kappa shape index (κ2) is 41.4. The first-order valence-electron chi connectivity index (χ1n) is 31.2. The van der Waals surface area contributed by atoms with Crippen LogP contribution in [0.3, 0.4) is 0 Å². The molecule has 4 aliphatic rings. The molecular formula is C57H102N8O27. The van der Waals surface area contributed by atoms with Crippen LogP contribution in [0.25, 0.3) is 0 Å². The summed E-state index contributed by atoms with van der Waals surface area (Å²) in [6.07, 6.45) is -16.4. The van der Waals surface area contributed by atoms with E-state index >= 15 is 0 Å². The van der Waals surface area contributed by atoms with Crippen molar-refractivity contribution in [2.45, 2.75) is 215 Å². The van der Waals surface area contributed by atoms with Gasteiger partial charge in [0.2, 0.25) is 41.4 Å². The van der Waals surface area contributed by atoms with Gasteiger partial charge >= 0.3 is 0 Å². The Balaban J connectivity index is 1.35. The van der Waals surface area contributed by atoms with Gasteiger partial charge in [0, 0.05) is 52.2 Å². The lowest BCUT2D eigenvalue weighted by molar-refractivity contribution is -0.275. The second-order valence-electron chi connectivity index (χ2n) is 23.8. The van der Waals surface area contributed by atoms with Gasteiger partial charge in [0.25, 0.3) is 0 Å². The van der Waals surface area contributed by atoms with E-state index in [2.05, 4.69) is 42.5 Å².